The lowest BCUT2D eigenvalue weighted by atomic mass is 9.88. The van der Waals surface area contributed by atoms with Crippen LogP contribution in [0, 0.1) is 5.82 Å². The van der Waals surface area contributed by atoms with Gasteiger partial charge in [0, 0.05) is 24.3 Å². The number of nitrogens with zero attached hydrogens (tertiary/aromatic N) is 2. The van der Waals surface area contributed by atoms with Gasteiger partial charge in [0.15, 0.2) is 0 Å². The highest BCUT2D eigenvalue weighted by Crippen LogP contribution is 2.31. The van der Waals surface area contributed by atoms with Crippen LogP contribution >= 0.6 is 0 Å². The Morgan fingerprint density at radius 1 is 1.26 bits per heavy atom. The number of benzene rings is 1. The predicted molar refractivity (Wildman–Crippen MR) is 65.9 cm³/mol. The predicted octanol–water partition coefficient (Wildman–Crippen LogP) is 3.10. The van der Waals surface area contributed by atoms with Crippen molar-refractivity contribution >= 4 is 5.78 Å². The van der Waals surface area contributed by atoms with Crippen molar-refractivity contribution in [2.45, 2.75) is 31.6 Å². The van der Waals surface area contributed by atoms with Gasteiger partial charge in [0.1, 0.15) is 11.6 Å². The average Bonchev–Trinajstić information content (AvgIpc) is 2.89. The number of rotatable bonds is 2. The molecule has 5 heteroatoms. The molecule has 4 nitrogen and oxygen atoms in total. The third kappa shape index (κ3) is 2.54. The van der Waals surface area contributed by atoms with E-state index in [-0.39, 0.29) is 11.7 Å². The first kappa shape index (κ1) is 12.0. The van der Waals surface area contributed by atoms with Crippen LogP contribution in [0.25, 0.3) is 11.4 Å². The number of carbonyl (C=O) groups excluding carboxylic acids is 1. The molecule has 0 radical (unpaired) electrons. The minimum atomic E-state index is -0.327. The number of aromatic nitrogens is 2. The Morgan fingerprint density at radius 2 is 2.05 bits per heavy atom. The molecule has 0 atom stereocenters. The highest BCUT2D eigenvalue weighted by molar-refractivity contribution is 5.79. The van der Waals surface area contributed by atoms with E-state index in [1.54, 1.807) is 12.1 Å². The van der Waals surface area contributed by atoms with Crippen molar-refractivity contribution in [2.24, 2.45) is 0 Å². The fourth-order valence-electron chi connectivity index (χ4n) is 2.33. The third-order valence-corrected chi connectivity index (χ3v) is 3.42. The lowest BCUT2D eigenvalue weighted by molar-refractivity contribution is -0.120. The summed E-state index contributed by atoms with van der Waals surface area (Å²) in [6.07, 6.45) is 2.65. The lowest BCUT2D eigenvalue weighted by Gasteiger charge is -2.16. The molecule has 0 N–H and O–H groups in total. The number of ketones is 1. The van der Waals surface area contributed by atoms with E-state index in [1.165, 1.54) is 12.1 Å². The van der Waals surface area contributed by atoms with Crippen LogP contribution in [0.5, 0.6) is 0 Å². The summed E-state index contributed by atoms with van der Waals surface area (Å²) in [7, 11) is 0. The molecule has 2 aromatic rings. The van der Waals surface area contributed by atoms with Crippen LogP contribution in [0.4, 0.5) is 4.39 Å². The van der Waals surface area contributed by atoms with E-state index in [0.717, 1.165) is 12.8 Å². The van der Waals surface area contributed by atoms with Crippen LogP contribution in [-0.4, -0.2) is 15.9 Å². The second-order valence-corrected chi connectivity index (χ2v) is 4.78. The normalized spacial score (nSPS) is 16.8. The molecule has 98 valence electrons. The zero-order valence-electron chi connectivity index (χ0n) is 10.3. The molecule has 1 fully saturated rings. The first-order chi connectivity index (χ1) is 9.22. The second-order valence-electron chi connectivity index (χ2n) is 4.78. The van der Waals surface area contributed by atoms with E-state index in [1.807, 2.05) is 0 Å². The Kier molecular flexibility index (Phi) is 3.11. The summed E-state index contributed by atoms with van der Waals surface area (Å²) >= 11 is 0. The van der Waals surface area contributed by atoms with Gasteiger partial charge in [0.05, 0.1) is 0 Å². The summed E-state index contributed by atoms with van der Waals surface area (Å²) in [6, 6.07) is 6.10. The number of hydrogen-bond donors (Lipinski definition) is 0. The number of carbonyl (C=O) groups is 1. The van der Waals surface area contributed by atoms with E-state index in [0.29, 0.717) is 35.9 Å². The minimum Gasteiger partial charge on any atom is -0.339 e. The van der Waals surface area contributed by atoms with Gasteiger partial charge in [-0.05, 0) is 25.0 Å². The Labute approximate surface area is 109 Å². The van der Waals surface area contributed by atoms with Crippen LogP contribution in [0.2, 0.25) is 0 Å². The maximum Gasteiger partial charge on any atom is 0.230 e. The smallest absolute Gasteiger partial charge is 0.230 e. The van der Waals surface area contributed by atoms with Gasteiger partial charge in [0.2, 0.25) is 11.7 Å². The van der Waals surface area contributed by atoms with Gasteiger partial charge in [0.25, 0.3) is 0 Å². The molecule has 1 saturated carbocycles. The second kappa shape index (κ2) is 4.91. The van der Waals surface area contributed by atoms with Gasteiger partial charge in [-0.15, -0.1) is 0 Å². The molecular formula is C14H13FN2O2. The van der Waals surface area contributed by atoms with E-state index in [4.69, 9.17) is 4.52 Å². The van der Waals surface area contributed by atoms with E-state index in [9.17, 15) is 9.18 Å². The van der Waals surface area contributed by atoms with Crippen molar-refractivity contribution in [2.75, 3.05) is 0 Å². The summed E-state index contributed by atoms with van der Waals surface area (Å²) in [5.74, 6) is 1.05. The SMILES string of the molecule is O=C1CCC(c2nc(-c3cccc(F)c3)no2)CC1. The van der Waals surface area contributed by atoms with E-state index < -0.39 is 0 Å². The van der Waals surface area contributed by atoms with Crippen LogP contribution in [0.15, 0.2) is 28.8 Å². The van der Waals surface area contributed by atoms with Crippen LogP contribution in [0.1, 0.15) is 37.5 Å². The molecule has 1 aliphatic carbocycles. The zero-order valence-corrected chi connectivity index (χ0v) is 10.3. The van der Waals surface area contributed by atoms with Crippen molar-refractivity contribution in [3.63, 3.8) is 0 Å². The minimum absolute atomic E-state index is 0.146. The van der Waals surface area contributed by atoms with Gasteiger partial charge in [-0.25, -0.2) is 4.39 Å². The monoisotopic (exact) mass is 260 g/mol. The molecule has 1 aliphatic rings. The first-order valence-corrected chi connectivity index (χ1v) is 6.33. The Hall–Kier alpha value is -2.04. The van der Waals surface area contributed by atoms with Crippen molar-refractivity contribution in [1.82, 2.24) is 10.1 Å². The Morgan fingerprint density at radius 3 is 2.79 bits per heavy atom. The highest BCUT2D eigenvalue weighted by Gasteiger charge is 2.25. The van der Waals surface area contributed by atoms with Gasteiger partial charge in [-0.1, -0.05) is 17.3 Å². The molecule has 0 saturated heterocycles. The largest absolute Gasteiger partial charge is 0.339 e. The molecule has 0 spiro atoms. The molecule has 1 aromatic heterocycles. The Balaban J connectivity index is 1.81. The van der Waals surface area contributed by atoms with Gasteiger partial charge < -0.3 is 4.52 Å². The molecule has 0 amide bonds. The molecule has 19 heavy (non-hydrogen) atoms. The summed E-state index contributed by atoms with van der Waals surface area (Å²) in [5, 5.41) is 3.88. The van der Waals surface area contributed by atoms with Crippen molar-refractivity contribution in [3.05, 3.63) is 36.0 Å². The van der Waals surface area contributed by atoms with Crippen LogP contribution in [0.3, 0.4) is 0 Å². The number of hydrogen-bond acceptors (Lipinski definition) is 4. The van der Waals surface area contributed by atoms with Gasteiger partial charge >= 0.3 is 0 Å². The van der Waals surface area contributed by atoms with Gasteiger partial charge in [-0.3, -0.25) is 4.79 Å². The van der Waals surface area contributed by atoms with Crippen molar-refractivity contribution < 1.29 is 13.7 Å². The fraction of sp³-hybridized carbons (Fsp3) is 0.357. The van der Waals surface area contributed by atoms with Crippen molar-refractivity contribution in [1.29, 1.82) is 0 Å². The third-order valence-electron chi connectivity index (χ3n) is 3.42. The standard InChI is InChI=1S/C14H13FN2O2/c15-11-3-1-2-10(8-11)13-16-14(19-17-13)9-4-6-12(18)7-5-9/h1-3,8-9H,4-7H2. The zero-order chi connectivity index (χ0) is 13.2. The quantitative estimate of drug-likeness (QED) is 0.832. The molecule has 3 rings (SSSR count). The number of Topliss-reactive ketones (excluding diaryl/α,β-unsaturated/α-hetero) is 1. The number of halogens is 1. The molecule has 0 bridgehead atoms. The topological polar surface area (TPSA) is 56.0 Å². The molecule has 0 aliphatic heterocycles. The summed E-state index contributed by atoms with van der Waals surface area (Å²) in [6.45, 7) is 0. The van der Waals surface area contributed by atoms with Crippen molar-refractivity contribution in [3.8, 4) is 11.4 Å². The maximum absolute atomic E-state index is 13.1. The molecule has 1 aromatic carbocycles. The summed E-state index contributed by atoms with van der Waals surface area (Å²) < 4.78 is 18.4. The summed E-state index contributed by atoms with van der Waals surface area (Å²) in [5.41, 5.74) is 0.599. The van der Waals surface area contributed by atoms with E-state index >= 15 is 0 Å². The molecule has 0 unspecified atom stereocenters. The first-order valence-electron chi connectivity index (χ1n) is 6.33. The van der Waals surface area contributed by atoms with Gasteiger partial charge in [-0.2, -0.15) is 4.98 Å². The summed E-state index contributed by atoms with van der Waals surface area (Å²) in [4.78, 5) is 15.5. The molecular weight excluding hydrogens is 247 g/mol. The lowest BCUT2D eigenvalue weighted by Crippen LogP contribution is -2.12. The average molecular weight is 260 g/mol. The van der Waals surface area contributed by atoms with Crippen LogP contribution in [-0.2, 0) is 4.79 Å². The van der Waals surface area contributed by atoms with E-state index in [2.05, 4.69) is 10.1 Å². The maximum atomic E-state index is 13.1. The Bertz CT molecular complexity index is 599. The fourth-order valence-corrected chi connectivity index (χ4v) is 2.33. The highest BCUT2D eigenvalue weighted by atomic mass is 19.1. The van der Waals surface area contributed by atoms with Crippen LogP contribution < -0.4 is 0 Å². The molecule has 1 heterocycles.